The molecule has 3 nitrogen and oxygen atoms in total. The van der Waals surface area contributed by atoms with Crippen LogP contribution in [-0.4, -0.2) is 48.9 Å². The maximum absolute atomic E-state index is 13.4. The lowest BCUT2D eigenvalue weighted by Gasteiger charge is -2.27. The van der Waals surface area contributed by atoms with E-state index in [0.29, 0.717) is 17.6 Å². The van der Waals surface area contributed by atoms with Crippen LogP contribution in [0.15, 0.2) is 48.5 Å². The van der Waals surface area contributed by atoms with Crippen molar-refractivity contribution in [2.24, 2.45) is 11.8 Å². The number of amides is 1. The Morgan fingerprint density at radius 2 is 1.46 bits per heavy atom. The minimum atomic E-state index is -0.249. The highest BCUT2D eigenvalue weighted by Crippen LogP contribution is 2.46. The van der Waals surface area contributed by atoms with Gasteiger partial charge in [-0.2, -0.15) is 0 Å². The molecule has 0 saturated heterocycles. The van der Waals surface area contributed by atoms with Crippen molar-refractivity contribution < 1.29 is 9.18 Å². The van der Waals surface area contributed by atoms with Gasteiger partial charge in [0.2, 0.25) is 0 Å². The van der Waals surface area contributed by atoms with Gasteiger partial charge in [-0.25, -0.2) is 4.39 Å². The van der Waals surface area contributed by atoms with Gasteiger partial charge in [-0.1, -0.05) is 24.3 Å². The molecule has 0 heterocycles. The second-order valence-electron chi connectivity index (χ2n) is 8.74. The molecule has 0 aromatic heterocycles. The summed E-state index contributed by atoms with van der Waals surface area (Å²) in [7, 11) is 6.29. The molecule has 2 unspecified atom stereocenters. The molecule has 2 aromatic rings. The van der Waals surface area contributed by atoms with Gasteiger partial charge in [0.1, 0.15) is 5.82 Å². The van der Waals surface area contributed by atoms with E-state index >= 15 is 0 Å². The topological polar surface area (TPSA) is 23.6 Å². The minimum Gasteiger partial charge on any atom is -0.339 e. The third-order valence-electron chi connectivity index (χ3n) is 6.85. The fraction of sp³-hybridized carbons (Fsp3) is 0.458. The van der Waals surface area contributed by atoms with Gasteiger partial charge in [0.05, 0.1) is 0 Å². The van der Waals surface area contributed by atoms with Gasteiger partial charge in [-0.05, 0) is 87.0 Å². The number of nitrogens with zero attached hydrogens (tertiary/aromatic N) is 2. The Morgan fingerprint density at radius 3 is 2.04 bits per heavy atom. The molecule has 148 valence electrons. The summed E-state index contributed by atoms with van der Waals surface area (Å²) in [5.74, 6) is 1.34. The van der Waals surface area contributed by atoms with Gasteiger partial charge in [0.15, 0.2) is 0 Å². The van der Waals surface area contributed by atoms with Crippen LogP contribution in [0.25, 0.3) is 11.1 Å². The van der Waals surface area contributed by atoms with Gasteiger partial charge < -0.3 is 9.80 Å². The smallest absolute Gasteiger partial charge is 0.253 e. The molecule has 4 atom stereocenters. The zero-order chi connectivity index (χ0) is 19.8. The van der Waals surface area contributed by atoms with Crippen molar-refractivity contribution in [2.75, 3.05) is 21.1 Å². The predicted octanol–water partition coefficient (Wildman–Crippen LogP) is 4.68. The predicted molar refractivity (Wildman–Crippen MR) is 111 cm³/mol. The van der Waals surface area contributed by atoms with E-state index < -0.39 is 0 Å². The third-order valence-corrected chi connectivity index (χ3v) is 6.85. The molecule has 4 rings (SSSR count). The van der Waals surface area contributed by atoms with E-state index in [1.807, 2.05) is 42.3 Å². The minimum absolute atomic E-state index is 0.0833. The highest BCUT2D eigenvalue weighted by atomic mass is 19.1. The SMILES string of the molecule is CN(C)C1C[C@@H]2CC(N(C)C(=O)c3ccc(-c4cccc(F)c4)cc3)C[C@@H]2C1. The Balaban J connectivity index is 1.41. The third kappa shape index (κ3) is 3.70. The first kappa shape index (κ1) is 19.1. The van der Waals surface area contributed by atoms with E-state index in [1.54, 1.807) is 6.07 Å². The summed E-state index contributed by atoms with van der Waals surface area (Å²) < 4.78 is 13.4. The van der Waals surface area contributed by atoms with Crippen molar-refractivity contribution in [3.63, 3.8) is 0 Å². The summed E-state index contributed by atoms with van der Waals surface area (Å²) in [4.78, 5) is 17.3. The van der Waals surface area contributed by atoms with Crippen LogP contribution in [0.4, 0.5) is 4.39 Å². The molecule has 2 aromatic carbocycles. The Hall–Kier alpha value is -2.20. The number of fused-ring (bicyclic) bond motifs is 1. The molecule has 2 fully saturated rings. The number of rotatable bonds is 4. The highest BCUT2D eigenvalue weighted by molar-refractivity contribution is 5.94. The number of benzene rings is 2. The van der Waals surface area contributed by atoms with Crippen molar-refractivity contribution in [3.8, 4) is 11.1 Å². The molecule has 2 saturated carbocycles. The standard InChI is InChI=1S/C24H29FN2O/c1-26(2)22-12-19-14-23(15-20(19)13-22)27(3)24(28)17-9-7-16(8-10-17)18-5-4-6-21(25)11-18/h4-11,19-20,22-23H,12-15H2,1-3H3/t19-,20+,22?,23?. The fourth-order valence-corrected chi connectivity index (χ4v) is 5.13. The van der Waals surface area contributed by atoms with Crippen LogP contribution < -0.4 is 0 Å². The normalized spacial score (nSPS) is 26.5. The monoisotopic (exact) mass is 380 g/mol. The zero-order valence-corrected chi connectivity index (χ0v) is 16.9. The molecule has 4 heteroatoms. The first-order chi connectivity index (χ1) is 13.4. The first-order valence-corrected chi connectivity index (χ1v) is 10.2. The summed E-state index contributed by atoms with van der Waals surface area (Å²) in [5.41, 5.74) is 2.45. The van der Waals surface area contributed by atoms with Gasteiger partial charge in [0.25, 0.3) is 5.91 Å². The second kappa shape index (κ2) is 7.67. The van der Waals surface area contributed by atoms with E-state index in [-0.39, 0.29) is 11.7 Å². The number of hydrogen-bond donors (Lipinski definition) is 0. The van der Waals surface area contributed by atoms with Crippen LogP contribution in [0.3, 0.4) is 0 Å². The van der Waals surface area contributed by atoms with Crippen molar-refractivity contribution in [1.82, 2.24) is 9.80 Å². The number of carbonyl (C=O) groups excluding carboxylic acids is 1. The molecule has 2 aliphatic carbocycles. The molecule has 1 amide bonds. The summed E-state index contributed by atoms with van der Waals surface area (Å²) in [6.45, 7) is 0. The second-order valence-corrected chi connectivity index (χ2v) is 8.74. The lowest BCUT2D eigenvalue weighted by Crippen LogP contribution is -2.36. The fourth-order valence-electron chi connectivity index (χ4n) is 5.13. The van der Waals surface area contributed by atoms with Crippen LogP contribution >= 0.6 is 0 Å². The lowest BCUT2D eigenvalue weighted by atomic mass is 10.0. The Labute approximate surface area is 167 Å². The number of carbonyl (C=O) groups is 1. The van der Waals surface area contributed by atoms with Gasteiger partial charge in [-0.15, -0.1) is 0 Å². The maximum Gasteiger partial charge on any atom is 0.253 e. The van der Waals surface area contributed by atoms with Crippen molar-refractivity contribution >= 4 is 5.91 Å². The molecule has 2 aliphatic rings. The van der Waals surface area contributed by atoms with Gasteiger partial charge in [-0.3, -0.25) is 4.79 Å². The Bertz CT molecular complexity index is 834. The molecular formula is C24H29FN2O. The summed E-state index contributed by atoms with van der Waals surface area (Å²) in [6.07, 6.45) is 4.77. The first-order valence-electron chi connectivity index (χ1n) is 10.2. The largest absolute Gasteiger partial charge is 0.339 e. The molecule has 28 heavy (non-hydrogen) atoms. The van der Waals surface area contributed by atoms with E-state index in [2.05, 4.69) is 19.0 Å². The summed E-state index contributed by atoms with van der Waals surface area (Å²) >= 11 is 0. The van der Waals surface area contributed by atoms with E-state index in [4.69, 9.17) is 0 Å². The lowest BCUT2D eigenvalue weighted by molar-refractivity contribution is 0.0726. The molecule has 0 bridgehead atoms. The maximum atomic E-state index is 13.4. The van der Waals surface area contributed by atoms with E-state index in [0.717, 1.165) is 35.8 Å². The average Bonchev–Trinajstić information content (AvgIpc) is 3.26. The average molecular weight is 381 g/mol. The van der Waals surface area contributed by atoms with Gasteiger partial charge in [0, 0.05) is 24.7 Å². The Morgan fingerprint density at radius 1 is 0.857 bits per heavy atom. The number of hydrogen-bond acceptors (Lipinski definition) is 2. The van der Waals surface area contributed by atoms with Crippen LogP contribution in [0.5, 0.6) is 0 Å². The number of halogens is 1. The quantitative estimate of drug-likeness (QED) is 0.769. The van der Waals surface area contributed by atoms with Crippen LogP contribution in [0.2, 0.25) is 0 Å². The Kier molecular flexibility index (Phi) is 5.24. The molecule has 0 spiro atoms. The highest BCUT2D eigenvalue weighted by Gasteiger charge is 2.44. The van der Waals surface area contributed by atoms with Crippen LogP contribution in [0, 0.1) is 17.7 Å². The van der Waals surface area contributed by atoms with Crippen LogP contribution in [-0.2, 0) is 0 Å². The summed E-state index contributed by atoms with van der Waals surface area (Å²) in [6, 6.07) is 15.1. The molecule has 0 N–H and O–H groups in total. The summed E-state index contributed by atoms with van der Waals surface area (Å²) in [5, 5.41) is 0. The van der Waals surface area contributed by atoms with Gasteiger partial charge >= 0.3 is 0 Å². The molecular weight excluding hydrogens is 351 g/mol. The van der Waals surface area contributed by atoms with Crippen molar-refractivity contribution in [1.29, 1.82) is 0 Å². The van der Waals surface area contributed by atoms with E-state index in [1.165, 1.54) is 25.0 Å². The van der Waals surface area contributed by atoms with Crippen LogP contribution in [0.1, 0.15) is 36.0 Å². The molecule has 0 aliphatic heterocycles. The van der Waals surface area contributed by atoms with Crippen molar-refractivity contribution in [3.05, 3.63) is 59.9 Å². The van der Waals surface area contributed by atoms with Crippen molar-refractivity contribution in [2.45, 2.75) is 37.8 Å². The van der Waals surface area contributed by atoms with E-state index in [9.17, 15) is 9.18 Å². The molecule has 0 radical (unpaired) electrons. The zero-order valence-electron chi connectivity index (χ0n) is 16.9.